The molecule has 0 aliphatic carbocycles. The summed E-state index contributed by atoms with van der Waals surface area (Å²) in [6.45, 7) is 1.72. The van der Waals surface area contributed by atoms with Gasteiger partial charge in [-0.2, -0.15) is 13.2 Å². The van der Waals surface area contributed by atoms with Gasteiger partial charge in [-0.05, 0) is 43.7 Å². The van der Waals surface area contributed by atoms with E-state index in [1.807, 2.05) is 0 Å². The molecule has 2 aromatic heterocycles. The summed E-state index contributed by atoms with van der Waals surface area (Å²) in [5, 5.41) is -0.140. The molecule has 0 unspecified atom stereocenters. The molecule has 1 fully saturated rings. The number of aryl methyl sites for hydroxylation is 1. The largest absolute Gasteiger partial charge is 0.416 e. The van der Waals surface area contributed by atoms with Crippen molar-refractivity contribution in [2.75, 3.05) is 23.4 Å². The fourth-order valence-electron chi connectivity index (χ4n) is 4.03. The minimum Gasteiger partial charge on any atom is -0.348 e. The maximum Gasteiger partial charge on any atom is 0.416 e. The smallest absolute Gasteiger partial charge is 0.348 e. The van der Waals surface area contributed by atoms with Crippen molar-refractivity contribution in [3.63, 3.8) is 0 Å². The lowest BCUT2D eigenvalue weighted by Gasteiger charge is -2.29. The highest BCUT2D eigenvalue weighted by Gasteiger charge is 2.42. The molecule has 2 atom stereocenters. The van der Waals surface area contributed by atoms with E-state index in [9.17, 15) is 22.4 Å². The number of nitrogens with one attached hydrogen (secondary N) is 1. The molecule has 0 bridgehead atoms. The summed E-state index contributed by atoms with van der Waals surface area (Å²) >= 11 is 5.86. The molecule has 6 nitrogen and oxygen atoms in total. The Labute approximate surface area is 192 Å². The number of aromatic nitrogens is 3. The molecule has 33 heavy (non-hydrogen) atoms. The Morgan fingerprint density at radius 1 is 1.27 bits per heavy atom. The van der Waals surface area contributed by atoms with Crippen LogP contribution in [0.2, 0.25) is 5.02 Å². The molecule has 174 valence electrons. The van der Waals surface area contributed by atoms with Crippen molar-refractivity contribution in [3.8, 4) is 0 Å². The van der Waals surface area contributed by atoms with Crippen molar-refractivity contribution in [3.05, 3.63) is 70.6 Å². The van der Waals surface area contributed by atoms with E-state index < -0.39 is 23.6 Å². The van der Waals surface area contributed by atoms with Crippen LogP contribution in [-0.4, -0.2) is 40.5 Å². The molecule has 1 aromatic carbocycles. The standard InChI is InChI=1S/C22H20ClF4N5O/c1-12-7-14(22(25,26)27)9-19(30-12)32-11-13(20-28-5-6-29-20)8-18(32)21(33)31(2)15-3-4-17(24)16(23)10-15/h3-7,9-10,13,18H,8,11H2,1-2H3,(H,28,29)/t13-,18+/m1/s1. The Bertz CT molecular complexity index is 1170. The van der Waals surface area contributed by atoms with Gasteiger partial charge in [0.2, 0.25) is 5.91 Å². The Hall–Kier alpha value is -3.14. The minimum atomic E-state index is -4.55. The number of anilines is 2. The van der Waals surface area contributed by atoms with Gasteiger partial charge in [0, 0.05) is 43.3 Å². The first-order valence-corrected chi connectivity index (χ1v) is 10.5. The summed E-state index contributed by atoms with van der Waals surface area (Å²) in [5.41, 5.74) is -0.288. The van der Waals surface area contributed by atoms with Gasteiger partial charge in [0.25, 0.3) is 0 Å². The third-order valence-corrected chi connectivity index (χ3v) is 5.96. The van der Waals surface area contributed by atoms with Crippen LogP contribution >= 0.6 is 11.6 Å². The number of halogens is 5. The van der Waals surface area contributed by atoms with Crippen LogP contribution < -0.4 is 9.80 Å². The van der Waals surface area contributed by atoms with Crippen LogP contribution in [-0.2, 0) is 11.0 Å². The predicted octanol–water partition coefficient (Wildman–Crippen LogP) is 4.95. The summed E-state index contributed by atoms with van der Waals surface area (Å²) in [7, 11) is 1.51. The van der Waals surface area contributed by atoms with Gasteiger partial charge < -0.3 is 14.8 Å². The van der Waals surface area contributed by atoms with E-state index in [2.05, 4.69) is 15.0 Å². The number of nitrogens with zero attached hydrogens (tertiary/aromatic N) is 4. The number of carbonyl (C=O) groups excluding carboxylic acids is 1. The number of H-pyrrole nitrogens is 1. The monoisotopic (exact) mass is 481 g/mol. The molecule has 4 rings (SSSR count). The Morgan fingerprint density at radius 3 is 2.67 bits per heavy atom. The number of benzene rings is 1. The van der Waals surface area contributed by atoms with Crippen LogP contribution in [0.3, 0.4) is 0 Å². The van der Waals surface area contributed by atoms with E-state index in [0.717, 1.165) is 18.2 Å². The van der Waals surface area contributed by atoms with Crippen molar-refractivity contribution in [1.82, 2.24) is 15.0 Å². The van der Waals surface area contributed by atoms with Crippen LogP contribution in [0.25, 0.3) is 0 Å². The van der Waals surface area contributed by atoms with E-state index in [1.165, 1.54) is 31.0 Å². The fourth-order valence-corrected chi connectivity index (χ4v) is 4.20. The maximum absolute atomic E-state index is 13.6. The van der Waals surface area contributed by atoms with Crippen molar-refractivity contribution < 1.29 is 22.4 Å². The summed E-state index contributed by atoms with van der Waals surface area (Å²) < 4.78 is 53.9. The molecule has 3 aromatic rings. The normalized spacial score (nSPS) is 18.6. The van der Waals surface area contributed by atoms with Crippen LogP contribution in [0.4, 0.5) is 29.1 Å². The van der Waals surface area contributed by atoms with Crippen LogP contribution in [0.1, 0.15) is 29.4 Å². The number of carbonyl (C=O) groups is 1. The van der Waals surface area contributed by atoms with Gasteiger partial charge in [0.15, 0.2) is 0 Å². The zero-order valence-corrected chi connectivity index (χ0v) is 18.5. The number of aromatic amines is 1. The second-order valence-electron chi connectivity index (χ2n) is 7.92. The highest BCUT2D eigenvalue weighted by molar-refractivity contribution is 6.31. The first kappa shape index (κ1) is 23.0. The topological polar surface area (TPSA) is 65.1 Å². The molecule has 1 aliphatic rings. The molecule has 0 spiro atoms. The third kappa shape index (κ3) is 4.66. The minimum absolute atomic E-state index is 0.0558. The van der Waals surface area contributed by atoms with Crippen molar-refractivity contribution >= 4 is 29.0 Å². The quantitative estimate of drug-likeness (QED) is 0.535. The van der Waals surface area contributed by atoms with E-state index in [0.29, 0.717) is 17.9 Å². The highest BCUT2D eigenvalue weighted by atomic mass is 35.5. The summed E-state index contributed by atoms with van der Waals surface area (Å²) in [4.78, 5) is 27.9. The number of rotatable bonds is 4. The second-order valence-corrected chi connectivity index (χ2v) is 8.33. The predicted molar refractivity (Wildman–Crippen MR) is 116 cm³/mol. The molecular formula is C22H20ClF4N5O. The zero-order chi connectivity index (χ0) is 23.9. The lowest BCUT2D eigenvalue weighted by Crippen LogP contribution is -2.44. The number of hydrogen-bond acceptors (Lipinski definition) is 4. The number of imidazole rings is 1. The average Bonchev–Trinajstić information content (AvgIpc) is 3.43. The van der Waals surface area contributed by atoms with E-state index >= 15 is 0 Å². The van der Waals surface area contributed by atoms with E-state index in [4.69, 9.17) is 11.6 Å². The van der Waals surface area contributed by atoms with Gasteiger partial charge in [-0.1, -0.05) is 11.6 Å². The first-order valence-electron chi connectivity index (χ1n) is 10.1. The molecule has 11 heteroatoms. The van der Waals surface area contributed by atoms with Gasteiger partial charge >= 0.3 is 6.18 Å². The Morgan fingerprint density at radius 2 is 2.03 bits per heavy atom. The highest BCUT2D eigenvalue weighted by Crippen LogP contribution is 2.37. The molecule has 1 saturated heterocycles. The Kier molecular flexibility index (Phi) is 6.04. The number of amides is 1. The fraction of sp³-hybridized carbons (Fsp3) is 0.318. The summed E-state index contributed by atoms with van der Waals surface area (Å²) in [5.74, 6) is -0.545. The van der Waals surface area contributed by atoms with Gasteiger partial charge in [-0.25, -0.2) is 14.4 Å². The number of alkyl halides is 3. The molecule has 1 aliphatic heterocycles. The molecular weight excluding hydrogens is 462 g/mol. The number of hydrogen-bond donors (Lipinski definition) is 1. The summed E-state index contributed by atoms with van der Waals surface area (Å²) in [6.07, 6.45) is -1.02. The molecule has 1 N–H and O–H groups in total. The molecule has 0 saturated carbocycles. The maximum atomic E-state index is 13.6. The first-order chi connectivity index (χ1) is 15.5. The number of likely N-dealkylation sites (N-methyl/N-ethyl adjacent to an activating group) is 1. The van der Waals surface area contributed by atoms with Gasteiger partial charge in [-0.15, -0.1) is 0 Å². The van der Waals surface area contributed by atoms with Gasteiger partial charge in [-0.3, -0.25) is 4.79 Å². The van der Waals surface area contributed by atoms with E-state index in [1.54, 1.807) is 17.3 Å². The molecule has 1 amide bonds. The molecule has 0 radical (unpaired) electrons. The van der Waals surface area contributed by atoms with Gasteiger partial charge in [0.05, 0.1) is 10.6 Å². The van der Waals surface area contributed by atoms with Crippen molar-refractivity contribution in [2.24, 2.45) is 0 Å². The second kappa shape index (κ2) is 8.66. The third-order valence-electron chi connectivity index (χ3n) is 5.67. The SMILES string of the molecule is Cc1cc(C(F)(F)F)cc(N2C[C@H](c3ncc[nH]3)C[C@H]2C(=O)N(C)c2ccc(F)c(Cl)c2)n1. The summed E-state index contributed by atoms with van der Waals surface area (Å²) in [6, 6.07) is 4.99. The lowest BCUT2D eigenvalue weighted by atomic mass is 10.0. The van der Waals surface area contributed by atoms with Crippen LogP contribution in [0, 0.1) is 12.7 Å². The molecule has 3 heterocycles. The van der Waals surface area contributed by atoms with Gasteiger partial charge in [0.1, 0.15) is 23.5 Å². The zero-order valence-electron chi connectivity index (χ0n) is 17.7. The average molecular weight is 482 g/mol. The Balaban J connectivity index is 1.71. The van der Waals surface area contributed by atoms with Crippen molar-refractivity contribution in [2.45, 2.75) is 31.5 Å². The lowest BCUT2D eigenvalue weighted by molar-refractivity contribution is -0.137. The van der Waals surface area contributed by atoms with Crippen LogP contribution in [0.5, 0.6) is 0 Å². The number of pyridine rings is 1. The van der Waals surface area contributed by atoms with Crippen LogP contribution in [0.15, 0.2) is 42.7 Å². The van der Waals surface area contributed by atoms with E-state index in [-0.39, 0.29) is 34.9 Å². The van der Waals surface area contributed by atoms with Crippen molar-refractivity contribution in [1.29, 1.82) is 0 Å².